The molecule has 7 heteroatoms. The van der Waals surface area contributed by atoms with Gasteiger partial charge in [-0.05, 0) is 43.0 Å². The average Bonchev–Trinajstić information content (AvgIpc) is 3.52. The highest BCUT2D eigenvalue weighted by Crippen LogP contribution is 2.32. The van der Waals surface area contributed by atoms with Gasteiger partial charge in [-0.3, -0.25) is 9.59 Å². The van der Waals surface area contributed by atoms with E-state index >= 15 is 0 Å². The van der Waals surface area contributed by atoms with E-state index in [1.165, 1.54) is 12.1 Å². The molecule has 0 aliphatic heterocycles. The highest BCUT2D eigenvalue weighted by Gasteiger charge is 2.34. The third kappa shape index (κ3) is 5.57. The van der Waals surface area contributed by atoms with Gasteiger partial charge in [0, 0.05) is 25.1 Å². The summed E-state index contributed by atoms with van der Waals surface area (Å²) >= 11 is 0. The smallest absolute Gasteiger partial charge is 0.273 e. The van der Waals surface area contributed by atoms with Gasteiger partial charge in [-0.25, -0.2) is 4.39 Å². The van der Waals surface area contributed by atoms with Crippen LogP contribution in [0.5, 0.6) is 0 Å². The zero-order valence-corrected chi connectivity index (χ0v) is 17.3. The normalized spacial score (nSPS) is 13.1. The molecule has 0 bridgehead atoms. The molecule has 4 rings (SSSR count). The molecule has 6 nitrogen and oxygen atoms in total. The minimum Gasteiger partial charge on any atom is -0.359 e. The Bertz CT molecular complexity index is 1060. The molecule has 0 spiro atoms. The van der Waals surface area contributed by atoms with Crippen LogP contribution in [0, 0.1) is 18.7 Å². The second-order valence-corrected chi connectivity index (χ2v) is 7.94. The van der Waals surface area contributed by atoms with Crippen LogP contribution in [0.4, 0.5) is 4.39 Å². The van der Waals surface area contributed by atoms with Gasteiger partial charge in [-0.2, -0.15) is 0 Å². The fraction of sp³-hybridized carbons (Fsp3) is 0.292. The molecule has 31 heavy (non-hydrogen) atoms. The molecule has 1 saturated carbocycles. The lowest BCUT2D eigenvalue weighted by Gasteiger charge is -2.21. The van der Waals surface area contributed by atoms with E-state index in [9.17, 15) is 14.0 Å². The van der Waals surface area contributed by atoms with Gasteiger partial charge >= 0.3 is 0 Å². The van der Waals surface area contributed by atoms with Crippen molar-refractivity contribution in [3.8, 4) is 0 Å². The first-order valence-corrected chi connectivity index (χ1v) is 10.3. The Labute approximate surface area is 180 Å². The molecular weight excluding hydrogens is 397 g/mol. The largest absolute Gasteiger partial charge is 0.359 e. The summed E-state index contributed by atoms with van der Waals surface area (Å²) in [4.78, 5) is 26.9. The zero-order valence-electron chi connectivity index (χ0n) is 17.3. The first-order chi connectivity index (χ1) is 15.0. The maximum atomic E-state index is 13.0. The SMILES string of the molecule is Cc1ccc(CN(Cc2cc(C(=O)NCc3ccc(F)cc3)no2)C(=O)C2CC2)cc1. The fourth-order valence-electron chi connectivity index (χ4n) is 3.27. The summed E-state index contributed by atoms with van der Waals surface area (Å²) in [5.41, 5.74) is 3.12. The van der Waals surface area contributed by atoms with Gasteiger partial charge in [0.1, 0.15) is 5.82 Å². The second kappa shape index (κ2) is 9.12. The summed E-state index contributed by atoms with van der Waals surface area (Å²) in [6, 6.07) is 15.5. The van der Waals surface area contributed by atoms with Crippen LogP contribution >= 0.6 is 0 Å². The van der Waals surface area contributed by atoms with Crippen molar-refractivity contribution in [1.82, 2.24) is 15.4 Å². The van der Waals surface area contributed by atoms with Gasteiger partial charge in [0.25, 0.3) is 5.91 Å². The number of halogens is 1. The Balaban J connectivity index is 1.39. The maximum Gasteiger partial charge on any atom is 0.273 e. The fourth-order valence-corrected chi connectivity index (χ4v) is 3.27. The number of nitrogens with zero attached hydrogens (tertiary/aromatic N) is 2. The third-order valence-electron chi connectivity index (χ3n) is 5.24. The molecule has 2 aromatic carbocycles. The van der Waals surface area contributed by atoms with Crippen molar-refractivity contribution < 1.29 is 18.5 Å². The molecule has 0 saturated heterocycles. The monoisotopic (exact) mass is 421 g/mol. The summed E-state index contributed by atoms with van der Waals surface area (Å²) in [7, 11) is 0. The van der Waals surface area contributed by atoms with Crippen molar-refractivity contribution in [3.63, 3.8) is 0 Å². The lowest BCUT2D eigenvalue weighted by atomic mass is 10.1. The summed E-state index contributed by atoms with van der Waals surface area (Å²) < 4.78 is 18.3. The van der Waals surface area contributed by atoms with E-state index < -0.39 is 5.91 Å². The van der Waals surface area contributed by atoms with Gasteiger partial charge in [0.05, 0.1) is 6.54 Å². The van der Waals surface area contributed by atoms with Crippen molar-refractivity contribution in [3.05, 3.63) is 88.6 Å². The number of aryl methyl sites for hydroxylation is 1. The van der Waals surface area contributed by atoms with E-state index in [1.54, 1.807) is 23.1 Å². The van der Waals surface area contributed by atoms with Gasteiger partial charge in [-0.15, -0.1) is 0 Å². The molecule has 1 heterocycles. The first-order valence-electron chi connectivity index (χ1n) is 10.3. The average molecular weight is 421 g/mol. The standard InChI is InChI=1S/C24H24FN3O3/c1-16-2-4-18(5-3-16)14-28(24(30)19-8-9-19)15-21-12-22(27-31-21)23(29)26-13-17-6-10-20(25)11-7-17/h2-7,10-12,19H,8-9,13-15H2,1H3,(H,26,29). The van der Waals surface area contributed by atoms with Crippen molar-refractivity contribution >= 4 is 11.8 Å². The number of nitrogens with one attached hydrogen (secondary N) is 1. The Morgan fingerprint density at radius 1 is 1.06 bits per heavy atom. The first kappa shape index (κ1) is 20.8. The van der Waals surface area contributed by atoms with E-state index in [1.807, 2.05) is 31.2 Å². The Hall–Kier alpha value is -3.48. The Morgan fingerprint density at radius 2 is 1.74 bits per heavy atom. The van der Waals surface area contributed by atoms with Crippen LogP contribution in [-0.2, 0) is 24.4 Å². The molecule has 0 radical (unpaired) electrons. The molecule has 160 valence electrons. The highest BCUT2D eigenvalue weighted by molar-refractivity contribution is 5.92. The Morgan fingerprint density at radius 3 is 2.42 bits per heavy atom. The van der Waals surface area contributed by atoms with Crippen molar-refractivity contribution in [2.24, 2.45) is 5.92 Å². The molecule has 1 aliphatic rings. The number of hydrogen-bond donors (Lipinski definition) is 1. The predicted molar refractivity (Wildman–Crippen MR) is 112 cm³/mol. The van der Waals surface area contributed by atoms with Crippen LogP contribution in [0.1, 0.15) is 45.8 Å². The zero-order chi connectivity index (χ0) is 21.8. The van der Waals surface area contributed by atoms with Crippen molar-refractivity contribution in [2.75, 3.05) is 0 Å². The molecule has 2 amide bonds. The highest BCUT2D eigenvalue weighted by atomic mass is 19.1. The van der Waals surface area contributed by atoms with E-state index in [0.29, 0.717) is 12.3 Å². The topological polar surface area (TPSA) is 75.4 Å². The van der Waals surface area contributed by atoms with Crippen LogP contribution in [-0.4, -0.2) is 21.9 Å². The van der Waals surface area contributed by atoms with E-state index in [4.69, 9.17) is 4.52 Å². The third-order valence-corrected chi connectivity index (χ3v) is 5.24. The van der Waals surface area contributed by atoms with Crippen LogP contribution in [0.3, 0.4) is 0 Å². The molecule has 0 atom stereocenters. The number of rotatable bonds is 8. The summed E-state index contributed by atoms with van der Waals surface area (Å²) in [6.45, 7) is 3.00. The minimum absolute atomic E-state index is 0.0758. The molecule has 1 aromatic heterocycles. The number of carbonyl (C=O) groups is 2. The van der Waals surface area contributed by atoms with Crippen LogP contribution < -0.4 is 5.32 Å². The minimum atomic E-state index is -0.391. The lowest BCUT2D eigenvalue weighted by Crippen LogP contribution is -2.31. The van der Waals surface area contributed by atoms with E-state index in [2.05, 4.69) is 10.5 Å². The van der Waals surface area contributed by atoms with Gasteiger partial charge in [0.15, 0.2) is 11.5 Å². The quantitative estimate of drug-likeness (QED) is 0.597. The number of aromatic nitrogens is 1. The summed E-state index contributed by atoms with van der Waals surface area (Å²) in [5.74, 6) is -0.0933. The van der Waals surface area contributed by atoms with E-state index in [0.717, 1.165) is 29.5 Å². The van der Waals surface area contributed by atoms with Gasteiger partial charge < -0.3 is 14.7 Å². The van der Waals surface area contributed by atoms with Crippen LogP contribution in [0.15, 0.2) is 59.1 Å². The number of benzene rings is 2. The second-order valence-electron chi connectivity index (χ2n) is 7.94. The number of amides is 2. The molecule has 1 N–H and O–H groups in total. The van der Waals surface area contributed by atoms with Crippen molar-refractivity contribution in [2.45, 2.75) is 39.4 Å². The molecular formula is C24H24FN3O3. The number of carbonyl (C=O) groups excluding carboxylic acids is 2. The van der Waals surface area contributed by atoms with Crippen LogP contribution in [0.25, 0.3) is 0 Å². The summed E-state index contributed by atoms with van der Waals surface area (Å²) in [6.07, 6.45) is 1.83. The van der Waals surface area contributed by atoms with Gasteiger partial charge in [0.2, 0.25) is 5.91 Å². The predicted octanol–water partition coefficient (Wildman–Crippen LogP) is 3.99. The lowest BCUT2D eigenvalue weighted by molar-refractivity contribution is -0.134. The summed E-state index contributed by atoms with van der Waals surface area (Å²) in [5, 5.41) is 6.58. The maximum absolute atomic E-state index is 13.0. The Kier molecular flexibility index (Phi) is 6.11. The van der Waals surface area contributed by atoms with Gasteiger partial charge in [-0.1, -0.05) is 47.1 Å². The molecule has 3 aromatic rings. The van der Waals surface area contributed by atoms with Crippen molar-refractivity contribution in [1.29, 1.82) is 0 Å². The molecule has 1 aliphatic carbocycles. The van der Waals surface area contributed by atoms with E-state index in [-0.39, 0.29) is 36.4 Å². The number of hydrogen-bond acceptors (Lipinski definition) is 4. The molecule has 0 unspecified atom stereocenters. The molecule has 1 fully saturated rings. The van der Waals surface area contributed by atoms with Crippen LogP contribution in [0.2, 0.25) is 0 Å².